The van der Waals surface area contributed by atoms with Gasteiger partial charge in [0.1, 0.15) is 0 Å². The summed E-state index contributed by atoms with van der Waals surface area (Å²) < 4.78 is 46.9. The highest BCUT2D eigenvalue weighted by atomic mass is 19.3. The molecule has 0 aromatic heterocycles. The van der Waals surface area contributed by atoms with Crippen molar-refractivity contribution in [3.05, 3.63) is 65.5 Å². The van der Waals surface area contributed by atoms with E-state index in [1.54, 1.807) is 13.0 Å². The number of ether oxygens (including phenoxy) is 1. The minimum atomic E-state index is -3.27. The quantitative estimate of drug-likeness (QED) is 0.779. The Hall–Kier alpha value is -2.50. The minimum Gasteiger partial charge on any atom is -0.549 e. The predicted octanol–water partition coefficient (Wildman–Crippen LogP) is 3.24. The summed E-state index contributed by atoms with van der Waals surface area (Å²) in [5.74, 6) is -6.80. The Labute approximate surface area is 137 Å². The first-order valence-corrected chi connectivity index (χ1v) is 7.41. The highest BCUT2D eigenvalue weighted by Gasteiger charge is 2.32. The number of benzene rings is 2. The Morgan fingerprint density at radius 1 is 1.21 bits per heavy atom. The molecule has 0 spiro atoms. The van der Waals surface area contributed by atoms with Crippen LogP contribution in [0, 0.1) is 5.82 Å². The third kappa shape index (κ3) is 4.07. The Morgan fingerprint density at radius 3 is 2.42 bits per heavy atom. The number of alkyl halides is 2. The van der Waals surface area contributed by atoms with Crippen LogP contribution in [0.15, 0.2) is 48.5 Å². The SMILES string of the molecule is CCC(C(=O)[O-])c1ccc(OCC(F)(F)c2ccccc2)c(F)c1. The molecule has 1 atom stereocenters. The largest absolute Gasteiger partial charge is 0.549 e. The molecule has 0 N–H and O–H groups in total. The summed E-state index contributed by atoms with van der Waals surface area (Å²) in [5, 5.41) is 11.0. The van der Waals surface area contributed by atoms with Crippen LogP contribution in [0.5, 0.6) is 5.75 Å². The van der Waals surface area contributed by atoms with Gasteiger partial charge in [0.15, 0.2) is 18.2 Å². The molecule has 0 saturated heterocycles. The lowest BCUT2D eigenvalue weighted by atomic mass is 9.96. The maximum atomic E-state index is 14.0. The van der Waals surface area contributed by atoms with Crippen LogP contribution >= 0.6 is 0 Å². The van der Waals surface area contributed by atoms with Gasteiger partial charge in [0.05, 0.1) is 0 Å². The maximum absolute atomic E-state index is 14.0. The predicted molar refractivity (Wildman–Crippen MR) is 80.3 cm³/mol. The average molecular weight is 337 g/mol. The number of carbonyl (C=O) groups excluding carboxylic acids is 1. The number of aliphatic carboxylic acids is 1. The van der Waals surface area contributed by atoms with Gasteiger partial charge in [-0.15, -0.1) is 0 Å². The van der Waals surface area contributed by atoms with E-state index in [-0.39, 0.29) is 23.3 Å². The van der Waals surface area contributed by atoms with Crippen molar-refractivity contribution >= 4 is 5.97 Å². The van der Waals surface area contributed by atoms with Gasteiger partial charge in [-0.05, 0) is 24.1 Å². The number of hydrogen-bond donors (Lipinski definition) is 0. The van der Waals surface area contributed by atoms with Crippen LogP contribution in [0.4, 0.5) is 13.2 Å². The average Bonchev–Trinajstić information content (AvgIpc) is 2.55. The fraction of sp³-hybridized carbons (Fsp3) is 0.278. The topological polar surface area (TPSA) is 49.4 Å². The molecular weight excluding hydrogens is 321 g/mol. The first-order valence-electron chi connectivity index (χ1n) is 7.41. The van der Waals surface area contributed by atoms with Gasteiger partial charge in [0.25, 0.3) is 0 Å². The van der Waals surface area contributed by atoms with Crippen LogP contribution in [-0.2, 0) is 10.7 Å². The van der Waals surface area contributed by atoms with Crippen molar-refractivity contribution in [2.75, 3.05) is 6.61 Å². The Kier molecular flexibility index (Phi) is 5.49. The molecule has 0 aliphatic rings. The van der Waals surface area contributed by atoms with E-state index in [9.17, 15) is 23.1 Å². The number of halogens is 3. The van der Waals surface area contributed by atoms with Gasteiger partial charge in [0.2, 0.25) is 0 Å². The van der Waals surface area contributed by atoms with E-state index in [1.807, 2.05) is 0 Å². The van der Waals surface area contributed by atoms with Crippen LogP contribution in [-0.4, -0.2) is 12.6 Å². The second-order valence-electron chi connectivity index (χ2n) is 5.33. The molecule has 0 aliphatic heterocycles. The summed E-state index contributed by atoms with van der Waals surface area (Å²) >= 11 is 0. The monoisotopic (exact) mass is 337 g/mol. The molecule has 1 unspecified atom stereocenters. The van der Waals surface area contributed by atoms with Crippen molar-refractivity contribution in [1.29, 1.82) is 0 Å². The summed E-state index contributed by atoms with van der Waals surface area (Å²) in [5.41, 5.74) is -0.0257. The minimum absolute atomic E-state index is 0.206. The molecule has 0 radical (unpaired) electrons. The number of rotatable bonds is 7. The van der Waals surface area contributed by atoms with E-state index in [1.165, 1.54) is 30.3 Å². The molecule has 2 aromatic carbocycles. The zero-order valence-electron chi connectivity index (χ0n) is 13.0. The van der Waals surface area contributed by atoms with Crippen molar-refractivity contribution in [3.63, 3.8) is 0 Å². The van der Waals surface area contributed by atoms with Crippen LogP contribution in [0.1, 0.15) is 30.4 Å². The smallest absolute Gasteiger partial charge is 0.306 e. The van der Waals surface area contributed by atoms with Gasteiger partial charge in [-0.1, -0.05) is 43.3 Å². The second kappa shape index (κ2) is 7.38. The molecule has 0 heterocycles. The fourth-order valence-corrected chi connectivity index (χ4v) is 2.32. The van der Waals surface area contributed by atoms with E-state index in [0.29, 0.717) is 0 Å². The highest BCUT2D eigenvalue weighted by Crippen LogP contribution is 2.30. The zero-order valence-corrected chi connectivity index (χ0v) is 13.0. The van der Waals surface area contributed by atoms with Crippen LogP contribution in [0.2, 0.25) is 0 Å². The molecule has 0 bridgehead atoms. The van der Waals surface area contributed by atoms with Gasteiger partial charge < -0.3 is 14.6 Å². The van der Waals surface area contributed by atoms with Crippen molar-refractivity contribution < 1.29 is 27.8 Å². The van der Waals surface area contributed by atoms with E-state index >= 15 is 0 Å². The number of carboxylic acid groups (broad SMARTS) is 1. The lowest BCUT2D eigenvalue weighted by Gasteiger charge is -2.19. The number of carboxylic acids is 1. The van der Waals surface area contributed by atoms with Gasteiger partial charge >= 0.3 is 5.92 Å². The number of carbonyl (C=O) groups is 1. The molecular formula is C18H16F3O3-. The van der Waals surface area contributed by atoms with Crippen molar-refractivity contribution in [2.45, 2.75) is 25.2 Å². The van der Waals surface area contributed by atoms with E-state index in [0.717, 1.165) is 12.1 Å². The first-order chi connectivity index (χ1) is 11.3. The lowest BCUT2D eigenvalue weighted by molar-refractivity contribution is -0.308. The first kappa shape index (κ1) is 17.8. The fourth-order valence-electron chi connectivity index (χ4n) is 2.32. The molecule has 0 fully saturated rings. The molecule has 3 nitrogen and oxygen atoms in total. The normalized spacial score (nSPS) is 12.7. The van der Waals surface area contributed by atoms with Gasteiger partial charge in [-0.2, -0.15) is 8.78 Å². The standard InChI is InChI=1S/C18H17F3O3/c1-2-14(17(22)23)12-8-9-16(15(19)10-12)24-11-18(20,21)13-6-4-3-5-7-13/h3-10,14H,2,11H2,1H3,(H,22,23)/p-1. The van der Waals surface area contributed by atoms with Crippen LogP contribution in [0.3, 0.4) is 0 Å². The van der Waals surface area contributed by atoms with E-state index < -0.39 is 30.2 Å². The lowest BCUT2D eigenvalue weighted by Crippen LogP contribution is -2.29. The van der Waals surface area contributed by atoms with Crippen molar-refractivity contribution in [1.82, 2.24) is 0 Å². The zero-order chi connectivity index (χ0) is 17.7. The van der Waals surface area contributed by atoms with E-state index in [2.05, 4.69) is 0 Å². The molecule has 6 heteroatoms. The number of hydrogen-bond acceptors (Lipinski definition) is 3. The molecule has 0 saturated carbocycles. The maximum Gasteiger partial charge on any atom is 0.306 e. The molecule has 0 amide bonds. The third-order valence-electron chi connectivity index (χ3n) is 3.66. The third-order valence-corrected chi connectivity index (χ3v) is 3.66. The summed E-state index contributed by atoms with van der Waals surface area (Å²) in [6.45, 7) is 0.605. The Balaban J connectivity index is 2.12. The molecule has 24 heavy (non-hydrogen) atoms. The van der Waals surface area contributed by atoms with Gasteiger partial charge in [-0.25, -0.2) is 4.39 Å². The Bertz CT molecular complexity index is 702. The summed E-state index contributed by atoms with van der Waals surface area (Å²) in [6.07, 6.45) is 0.230. The summed E-state index contributed by atoms with van der Waals surface area (Å²) in [6, 6.07) is 10.5. The second-order valence-corrected chi connectivity index (χ2v) is 5.33. The molecule has 2 aromatic rings. The van der Waals surface area contributed by atoms with E-state index in [4.69, 9.17) is 4.74 Å². The van der Waals surface area contributed by atoms with Crippen LogP contribution < -0.4 is 9.84 Å². The summed E-state index contributed by atoms with van der Waals surface area (Å²) in [7, 11) is 0. The molecule has 2 rings (SSSR count). The van der Waals surface area contributed by atoms with Gasteiger partial charge in [0, 0.05) is 17.5 Å². The Morgan fingerprint density at radius 2 is 1.88 bits per heavy atom. The molecule has 0 aliphatic carbocycles. The summed E-state index contributed by atoms with van der Waals surface area (Å²) in [4.78, 5) is 11.0. The van der Waals surface area contributed by atoms with Crippen molar-refractivity contribution in [2.24, 2.45) is 0 Å². The van der Waals surface area contributed by atoms with Crippen LogP contribution in [0.25, 0.3) is 0 Å². The molecule has 128 valence electrons. The van der Waals surface area contributed by atoms with Gasteiger partial charge in [-0.3, -0.25) is 0 Å². The highest BCUT2D eigenvalue weighted by molar-refractivity contribution is 5.74. The van der Waals surface area contributed by atoms with Crippen molar-refractivity contribution in [3.8, 4) is 5.75 Å².